The lowest BCUT2D eigenvalue weighted by molar-refractivity contribution is -0.149. The molecule has 3 aromatic rings. The molecule has 0 radical (unpaired) electrons. The van der Waals surface area contributed by atoms with Crippen molar-refractivity contribution in [2.24, 2.45) is 5.41 Å². The topological polar surface area (TPSA) is 62.7 Å². The smallest absolute Gasteiger partial charge is 0.229 e. The second kappa shape index (κ2) is 11.6. The molecule has 7 heteroatoms. The fourth-order valence-electron chi connectivity index (χ4n) is 5.79. The lowest BCUT2D eigenvalue weighted by atomic mass is 9.73. The average Bonchev–Trinajstić information content (AvgIpc) is 3.35. The van der Waals surface area contributed by atoms with Gasteiger partial charge in [-0.15, -0.1) is 11.3 Å². The lowest BCUT2D eigenvalue weighted by Crippen LogP contribution is -2.52. The van der Waals surface area contributed by atoms with E-state index in [0.29, 0.717) is 45.6 Å². The van der Waals surface area contributed by atoms with Crippen LogP contribution in [-0.4, -0.2) is 59.4 Å². The summed E-state index contributed by atoms with van der Waals surface area (Å²) < 4.78 is 7.26. The van der Waals surface area contributed by atoms with Gasteiger partial charge < -0.3 is 14.5 Å². The molecule has 5 rings (SSSR count). The molecule has 196 valence electrons. The summed E-state index contributed by atoms with van der Waals surface area (Å²) in [6.07, 6.45) is 6.52. The van der Waals surface area contributed by atoms with E-state index in [0.717, 1.165) is 54.8 Å². The van der Waals surface area contributed by atoms with Crippen molar-refractivity contribution < 1.29 is 14.3 Å². The number of likely N-dealkylation sites (N-methyl/N-ethyl adjacent to an activating group) is 1. The number of amides is 2. The van der Waals surface area contributed by atoms with Crippen LogP contribution in [0, 0.1) is 5.41 Å². The molecular weight excluding hydrogens is 482 g/mol. The monoisotopic (exact) mass is 519 g/mol. The number of carbonyl (C=O) groups is 2. The van der Waals surface area contributed by atoms with Crippen LogP contribution in [0.2, 0.25) is 0 Å². The molecular formula is C30H37N3O3S. The molecule has 2 amide bonds. The highest BCUT2D eigenvalue weighted by molar-refractivity contribution is 7.18. The number of nitrogens with zero attached hydrogens (tertiary/aromatic N) is 3. The first-order valence-electron chi connectivity index (χ1n) is 13.7. The molecule has 1 spiro atoms. The summed E-state index contributed by atoms with van der Waals surface area (Å²) in [5.74, 6) is 1.36. The largest absolute Gasteiger partial charge is 0.491 e. The first kappa shape index (κ1) is 25.7. The SMILES string of the molecule is CCN1CCOc2ccccc2CCCCC2(CCN(C(=O)CCc3nc4ccccc4s3)CC2)C1=O. The molecule has 1 aromatic heterocycles. The normalized spacial score (nSPS) is 18.7. The zero-order valence-electron chi connectivity index (χ0n) is 21.8. The molecule has 2 aliphatic rings. The molecule has 0 unspecified atom stereocenters. The van der Waals surface area contributed by atoms with Gasteiger partial charge in [0, 0.05) is 32.5 Å². The minimum Gasteiger partial charge on any atom is -0.491 e. The standard InChI is InChI=1S/C30H37N3O3S/c1-2-32-21-22-36-25-12-5-3-9-23(25)10-7-8-16-30(29(32)35)17-19-33(20-18-30)28(34)15-14-27-31-24-11-4-6-13-26(24)37-27/h3-6,9,11-13H,2,7-8,10,14-22H2,1H3. The van der Waals surface area contributed by atoms with Crippen LogP contribution in [0.15, 0.2) is 48.5 Å². The molecule has 0 atom stereocenters. The summed E-state index contributed by atoms with van der Waals surface area (Å²) in [5, 5.41) is 1.01. The number of carbonyl (C=O) groups excluding carboxylic acids is 2. The minimum absolute atomic E-state index is 0.173. The molecule has 6 nitrogen and oxygen atoms in total. The van der Waals surface area contributed by atoms with Gasteiger partial charge in [0.15, 0.2) is 0 Å². The number of hydrogen-bond donors (Lipinski definition) is 0. The van der Waals surface area contributed by atoms with Crippen LogP contribution in [-0.2, 0) is 22.4 Å². The first-order chi connectivity index (χ1) is 18.1. The number of ether oxygens (including phenoxy) is 1. The number of aromatic nitrogens is 1. The predicted octanol–water partition coefficient (Wildman–Crippen LogP) is 5.49. The molecule has 2 aliphatic heterocycles. The van der Waals surface area contributed by atoms with E-state index in [-0.39, 0.29) is 17.2 Å². The molecule has 0 aliphatic carbocycles. The van der Waals surface area contributed by atoms with Gasteiger partial charge in [0.2, 0.25) is 11.8 Å². The van der Waals surface area contributed by atoms with Crippen LogP contribution in [0.25, 0.3) is 10.2 Å². The van der Waals surface area contributed by atoms with Crippen molar-refractivity contribution in [2.75, 3.05) is 32.8 Å². The van der Waals surface area contributed by atoms with E-state index in [2.05, 4.69) is 23.2 Å². The summed E-state index contributed by atoms with van der Waals surface area (Å²) in [4.78, 5) is 35.5. The van der Waals surface area contributed by atoms with Crippen LogP contribution in [0.4, 0.5) is 0 Å². The fourth-order valence-corrected chi connectivity index (χ4v) is 6.76. The number of rotatable bonds is 4. The van der Waals surface area contributed by atoms with Crippen molar-refractivity contribution in [1.82, 2.24) is 14.8 Å². The number of benzene rings is 2. The predicted molar refractivity (Wildman–Crippen MR) is 148 cm³/mol. The Morgan fingerprint density at radius 1 is 1.03 bits per heavy atom. The Hall–Kier alpha value is -2.93. The minimum atomic E-state index is -0.376. The quantitative estimate of drug-likeness (QED) is 0.457. The van der Waals surface area contributed by atoms with Crippen LogP contribution in [0.5, 0.6) is 5.75 Å². The Kier molecular flexibility index (Phi) is 8.08. The highest BCUT2D eigenvalue weighted by Crippen LogP contribution is 2.39. The maximum Gasteiger partial charge on any atom is 0.229 e. The van der Waals surface area contributed by atoms with Crippen molar-refractivity contribution in [1.29, 1.82) is 0 Å². The highest BCUT2D eigenvalue weighted by atomic mass is 32.1. The van der Waals surface area contributed by atoms with Crippen molar-refractivity contribution in [3.05, 3.63) is 59.1 Å². The van der Waals surface area contributed by atoms with Crippen molar-refractivity contribution in [2.45, 2.75) is 58.3 Å². The first-order valence-corrected chi connectivity index (χ1v) is 14.5. The Morgan fingerprint density at radius 3 is 2.62 bits per heavy atom. The van der Waals surface area contributed by atoms with Gasteiger partial charge in [-0.05, 0) is 62.8 Å². The second-order valence-electron chi connectivity index (χ2n) is 10.3. The third kappa shape index (κ3) is 5.82. The Balaban J connectivity index is 1.21. The molecule has 0 saturated carbocycles. The van der Waals surface area contributed by atoms with E-state index in [4.69, 9.17) is 4.74 Å². The average molecular weight is 520 g/mol. The fraction of sp³-hybridized carbons (Fsp3) is 0.500. The molecule has 2 aromatic carbocycles. The van der Waals surface area contributed by atoms with Gasteiger partial charge in [0.1, 0.15) is 12.4 Å². The number of likely N-dealkylation sites (tertiary alicyclic amines) is 1. The number of hydrogen-bond acceptors (Lipinski definition) is 5. The summed E-state index contributed by atoms with van der Waals surface area (Å²) in [5.41, 5.74) is 1.88. The summed E-state index contributed by atoms with van der Waals surface area (Å²) >= 11 is 1.67. The number of thiazole rings is 1. The molecule has 1 fully saturated rings. The van der Waals surface area contributed by atoms with Crippen LogP contribution in [0.1, 0.15) is 56.0 Å². The Labute approximate surface area is 223 Å². The Morgan fingerprint density at radius 2 is 1.81 bits per heavy atom. The molecule has 37 heavy (non-hydrogen) atoms. The summed E-state index contributed by atoms with van der Waals surface area (Å²) in [6.45, 7) is 5.13. The van der Waals surface area contributed by atoms with Crippen LogP contribution < -0.4 is 4.74 Å². The van der Waals surface area contributed by atoms with E-state index in [9.17, 15) is 9.59 Å². The molecule has 3 heterocycles. The zero-order chi connectivity index (χ0) is 25.7. The van der Waals surface area contributed by atoms with E-state index in [1.807, 2.05) is 47.1 Å². The molecule has 0 bridgehead atoms. The maximum atomic E-state index is 13.8. The summed E-state index contributed by atoms with van der Waals surface area (Å²) in [7, 11) is 0. The third-order valence-electron chi connectivity index (χ3n) is 8.03. The van der Waals surface area contributed by atoms with E-state index >= 15 is 0 Å². The van der Waals surface area contributed by atoms with Gasteiger partial charge in [-0.3, -0.25) is 9.59 Å². The number of fused-ring (bicyclic) bond motifs is 2. The van der Waals surface area contributed by atoms with Crippen molar-refractivity contribution in [3.63, 3.8) is 0 Å². The van der Waals surface area contributed by atoms with Gasteiger partial charge in [0.05, 0.1) is 27.2 Å². The van der Waals surface area contributed by atoms with Crippen molar-refractivity contribution >= 4 is 33.4 Å². The van der Waals surface area contributed by atoms with Gasteiger partial charge >= 0.3 is 0 Å². The number of aryl methyl sites for hydroxylation is 2. The number of piperidine rings is 1. The highest BCUT2D eigenvalue weighted by Gasteiger charge is 2.43. The Bertz CT molecular complexity index is 1200. The van der Waals surface area contributed by atoms with Gasteiger partial charge in [-0.25, -0.2) is 4.98 Å². The van der Waals surface area contributed by atoms with Crippen LogP contribution >= 0.6 is 11.3 Å². The van der Waals surface area contributed by atoms with E-state index in [1.54, 1.807) is 11.3 Å². The van der Waals surface area contributed by atoms with Crippen molar-refractivity contribution in [3.8, 4) is 5.75 Å². The third-order valence-corrected chi connectivity index (χ3v) is 9.13. The number of para-hydroxylation sites is 2. The van der Waals surface area contributed by atoms with E-state index in [1.165, 1.54) is 10.3 Å². The maximum absolute atomic E-state index is 13.8. The molecule has 0 N–H and O–H groups in total. The van der Waals surface area contributed by atoms with Gasteiger partial charge in [-0.2, -0.15) is 0 Å². The molecule has 1 saturated heterocycles. The lowest BCUT2D eigenvalue weighted by Gasteiger charge is -2.43. The second-order valence-corrected chi connectivity index (χ2v) is 11.4. The summed E-state index contributed by atoms with van der Waals surface area (Å²) in [6, 6.07) is 16.4. The zero-order valence-corrected chi connectivity index (χ0v) is 22.6. The van der Waals surface area contributed by atoms with E-state index < -0.39 is 0 Å². The van der Waals surface area contributed by atoms with Crippen LogP contribution in [0.3, 0.4) is 0 Å². The van der Waals surface area contributed by atoms with Gasteiger partial charge in [-0.1, -0.05) is 36.8 Å². The van der Waals surface area contributed by atoms with Gasteiger partial charge in [0.25, 0.3) is 0 Å².